The number of fused-ring (bicyclic) bond motifs is 1. The highest BCUT2D eigenvalue weighted by molar-refractivity contribution is 7.10. The average Bonchev–Trinajstić information content (AvgIpc) is 3.47. The van der Waals surface area contributed by atoms with Crippen molar-refractivity contribution in [2.24, 2.45) is 5.92 Å². The van der Waals surface area contributed by atoms with Crippen LogP contribution in [-0.4, -0.2) is 40.7 Å². The van der Waals surface area contributed by atoms with Crippen molar-refractivity contribution >= 4 is 34.8 Å². The summed E-state index contributed by atoms with van der Waals surface area (Å²) in [5.41, 5.74) is 2.26. The molecule has 0 radical (unpaired) electrons. The number of rotatable bonds is 6. The molecule has 1 aromatic heterocycles. The Morgan fingerprint density at radius 1 is 1.24 bits per heavy atom. The third-order valence-electron chi connectivity index (χ3n) is 6.11. The molecule has 29 heavy (non-hydrogen) atoms. The van der Waals surface area contributed by atoms with Crippen LogP contribution >= 0.6 is 22.9 Å². The van der Waals surface area contributed by atoms with Crippen LogP contribution in [0.5, 0.6) is 0 Å². The number of nitrogens with zero attached hydrogens (tertiary/aromatic N) is 2. The van der Waals surface area contributed by atoms with Crippen LogP contribution in [0.1, 0.15) is 55.2 Å². The predicted molar refractivity (Wildman–Crippen MR) is 117 cm³/mol. The smallest absolute Gasteiger partial charge is 0.243 e. The van der Waals surface area contributed by atoms with Gasteiger partial charge in [-0.05, 0) is 67.3 Å². The number of carbonyl (C=O) groups is 2. The number of hydrogen-bond acceptors (Lipinski definition) is 3. The summed E-state index contributed by atoms with van der Waals surface area (Å²) >= 11 is 7.85. The number of amides is 2. The summed E-state index contributed by atoms with van der Waals surface area (Å²) in [6.45, 7) is 4.94. The van der Waals surface area contributed by atoms with Gasteiger partial charge in [0.2, 0.25) is 11.8 Å². The van der Waals surface area contributed by atoms with Gasteiger partial charge in [0.15, 0.2) is 0 Å². The van der Waals surface area contributed by atoms with Gasteiger partial charge >= 0.3 is 0 Å². The lowest BCUT2D eigenvalue weighted by atomic mass is 9.93. The summed E-state index contributed by atoms with van der Waals surface area (Å²) in [6, 6.07) is 9.83. The number of carbonyl (C=O) groups excluding carboxylic acids is 2. The van der Waals surface area contributed by atoms with Crippen molar-refractivity contribution in [3.8, 4) is 0 Å². The minimum Gasteiger partial charge on any atom is -0.330 e. The van der Waals surface area contributed by atoms with Crippen LogP contribution in [0.15, 0.2) is 35.7 Å². The van der Waals surface area contributed by atoms with Crippen molar-refractivity contribution in [1.82, 2.24) is 9.80 Å². The molecule has 0 spiro atoms. The van der Waals surface area contributed by atoms with Crippen molar-refractivity contribution < 1.29 is 9.59 Å². The molecule has 1 aromatic carbocycles. The Kier molecular flexibility index (Phi) is 5.98. The third kappa shape index (κ3) is 4.22. The topological polar surface area (TPSA) is 40.6 Å². The maximum Gasteiger partial charge on any atom is 0.243 e. The summed E-state index contributed by atoms with van der Waals surface area (Å²) in [6.07, 6.45) is 3.62. The summed E-state index contributed by atoms with van der Waals surface area (Å²) in [5.74, 6) is 0.286. The first-order valence-corrected chi connectivity index (χ1v) is 11.7. The number of halogens is 1. The molecular formula is C23H27ClN2O2S. The molecule has 0 N–H and O–H groups in total. The van der Waals surface area contributed by atoms with Crippen LogP contribution in [0.25, 0.3) is 0 Å². The van der Waals surface area contributed by atoms with Gasteiger partial charge in [-0.3, -0.25) is 9.59 Å². The third-order valence-corrected chi connectivity index (χ3v) is 7.36. The quantitative estimate of drug-likeness (QED) is 0.653. The molecule has 2 aromatic rings. The first kappa shape index (κ1) is 20.4. The molecule has 2 heterocycles. The Bertz CT molecular complexity index is 891. The van der Waals surface area contributed by atoms with Crippen LogP contribution in [0.3, 0.4) is 0 Å². The second kappa shape index (κ2) is 8.49. The molecule has 4 rings (SSSR count). The summed E-state index contributed by atoms with van der Waals surface area (Å²) in [5, 5.41) is 2.79. The summed E-state index contributed by atoms with van der Waals surface area (Å²) in [7, 11) is 0. The Morgan fingerprint density at radius 2 is 1.97 bits per heavy atom. The molecular weight excluding hydrogens is 404 g/mol. The molecule has 1 aliphatic carbocycles. The average molecular weight is 431 g/mol. The van der Waals surface area contributed by atoms with Crippen molar-refractivity contribution in [1.29, 1.82) is 0 Å². The summed E-state index contributed by atoms with van der Waals surface area (Å²) in [4.78, 5) is 31.4. The van der Waals surface area contributed by atoms with Crippen molar-refractivity contribution in [2.45, 2.75) is 51.6 Å². The minimum absolute atomic E-state index is 0.0242. The molecule has 2 aliphatic rings. The normalized spacial score (nSPS) is 19.6. The SMILES string of the molecule is CCC(C)N(CC(=O)N1CCc2sccc2C1c1ccc(Cl)cc1)C(=O)C1CC1. The van der Waals surface area contributed by atoms with Gasteiger partial charge in [0.25, 0.3) is 0 Å². The van der Waals surface area contributed by atoms with E-state index in [0.717, 1.165) is 31.2 Å². The zero-order valence-corrected chi connectivity index (χ0v) is 18.5. The van der Waals surface area contributed by atoms with Crippen molar-refractivity contribution in [3.05, 3.63) is 56.7 Å². The van der Waals surface area contributed by atoms with Gasteiger partial charge in [-0.2, -0.15) is 0 Å². The van der Waals surface area contributed by atoms with E-state index in [9.17, 15) is 9.59 Å². The molecule has 2 amide bonds. The van der Waals surface area contributed by atoms with Gasteiger partial charge in [0.05, 0.1) is 6.04 Å². The van der Waals surface area contributed by atoms with E-state index in [4.69, 9.17) is 11.6 Å². The molecule has 0 saturated heterocycles. The first-order valence-electron chi connectivity index (χ1n) is 10.4. The van der Waals surface area contributed by atoms with E-state index >= 15 is 0 Å². The highest BCUT2D eigenvalue weighted by atomic mass is 35.5. The molecule has 4 nitrogen and oxygen atoms in total. The van der Waals surface area contributed by atoms with E-state index in [2.05, 4.69) is 18.4 Å². The standard InChI is InChI=1S/C23H27ClN2O2S/c1-3-15(2)26(23(28)17-4-5-17)14-21(27)25-12-10-20-19(11-13-29-20)22(25)16-6-8-18(24)9-7-16/h6-9,11,13,15,17,22H,3-5,10,12,14H2,1-2H3. The van der Waals surface area contributed by atoms with Gasteiger partial charge < -0.3 is 9.80 Å². The molecule has 1 saturated carbocycles. The maximum absolute atomic E-state index is 13.5. The molecule has 2 unspecified atom stereocenters. The molecule has 1 aliphatic heterocycles. The Hall–Kier alpha value is -1.85. The maximum atomic E-state index is 13.5. The van der Waals surface area contributed by atoms with Crippen LogP contribution in [0, 0.1) is 5.92 Å². The fourth-order valence-electron chi connectivity index (χ4n) is 4.06. The molecule has 6 heteroatoms. The lowest BCUT2D eigenvalue weighted by Crippen LogP contribution is -2.49. The lowest BCUT2D eigenvalue weighted by molar-refractivity contribution is -0.144. The van der Waals surface area contributed by atoms with Crippen LogP contribution < -0.4 is 0 Å². The monoisotopic (exact) mass is 430 g/mol. The molecule has 2 atom stereocenters. The van der Waals surface area contributed by atoms with Gasteiger partial charge in [-0.15, -0.1) is 11.3 Å². The highest BCUT2D eigenvalue weighted by Gasteiger charge is 2.38. The Labute approximate surface area is 181 Å². The van der Waals surface area contributed by atoms with Gasteiger partial charge in [-0.1, -0.05) is 30.7 Å². The molecule has 0 bridgehead atoms. The second-order valence-corrected chi connectivity index (χ2v) is 9.53. The van der Waals surface area contributed by atoms with Gasteiger partial charge in [-0.25, -0.2) is 0 Å². The highest BCUT2D eigenvalue weighted by Crippen LogP contribution is 2.38. The lowest BCUT2D eigenvalue weighted by Gasteiger charge is -2.38. The zero-order valence-electron chi connectivity index (χ0n) is 16.9. The first-order chi connectivity index (χ1) is 14.0. The second-order valence-electron chi connectivity index (χ2n) is 8.09. The number of thiophene rings is 1. The van der Waals surface area contributed by atoms with E-state index in [1.807, 2.05) is 41.0 Å². The largest absolute Gasteiger partial charge is 0.330 e. The molecule has 1 fully saturated rings. The Balaban J connectivity index is 1.61. The number of benzene rings is 1. The minimum atomic E-state index is -0.121. The van der Waals surface area contributed by atoms with Crippen LogP contribution in [0.2, 0.25) is 5.02 Å². The van der Waals surface area contributed by atoms with Crippen LogP contribution in [-0.2, 0) is 16.0 Å². The fraction of sp³-hybridized carbons (Fsp3) is 0.478. The molecule has 154 valence electrons. The van der Waals surface area contributed by atoms with E-state index < -0.39 is 0 Å². The van der Waals surface area contributed by atoms with E-state index in [1.165, 1.54) is 10.4 Å². The van der Waals surface area contributed by atoms with Crippen molar-refractivity contribution in [3.63, 3.8) is 0 Å². The van der Waals surface area contributed by atoms with Crippen molar-refractivity contribution in [2.75, 3.05) is 13.1 Å². The van der Waals surface area contributed by atoms with E-state index in [-0.39, 0.29) is 36.4 Å². The predicted octanol–water partition coefficient (Wildman–Crippen LogP) is 4.91. The van der Waals surface area contributed by atoms with E-state index in [0.29, 0.717) is 11.6 Å². The fourth-order valence-corrected chi connectivity index (χ4v) is 5.09. The number of hydrogen-bond donors (Lipinski definition) is 0. The van der Waals surface area contributed by atoms with Gasteiger partial charge in [0.1, 0.15) is 6.54 Å². The van der Waals surface area contributed by atoms with Gasteiger partial charge in [0, 0.05) is 28.4 Å². The van der Waals surface area contributed by atoms with E-state index in [1.54, 1.807) is 11.3 Å². The zero-order chi connectivity index (χ0) is 20.5. The van der Waals surface area contributed by atoms with Crippen LogP contribution in [0.4, 0.5) is 0 Å². The Morgan fingerprint density at radius 3 is 2.62 bits per heavy atom. The summed E-state index contributed by atoms with van der Waals surface area (Å²) < 4.78 is 0.